The Bertz CT molecular complexity index is 1160. The zero-order valence-electron chi connectivity index (χ0n) is 15.4. The fourth-order valence-electron chi connectivity index (χ4n) is 3.88. The molecule has 0 unspecified atom stereocenters. The fraction of sp³-hybridized carbons (Fsp3) is 0.300. The van der Waals surface area contributed by atoms with Gasteiger partial charge in [-0.3, -0.25) is 9.69 Å². The molecule has 146 valence electrons. The van der Waals surface area contributed by atoms with Crippen LogP contribution in [-0.2, 0) is 0 Å². The van der Waals surface area contributed by atoms with Crippen molar-refractivity contribution >= 4 is 38.7 Å². The van der Waals surface area contributed by atoms with E-state index in [4.69, 9.17) is 0 Å². The van der Waals surface area contributed by atoms with E-state index in [0.717, 1.165) is 19.6 Å². The summed E-state index contributed by atoms with van der Waals surface area (Å²) in [7, 11) is 0. The van der Waals surface area contributed by atoms with Crippen LogP contribution < -0.4 is 10.3 Å². The molecule has 0 bridgehead atoms. The second-order valence-corrected chi connectivity index (χ2v) is 7.79. The number of aryl methyl sites for hydroxylation is 1. The number of aromatic nitrogens is 1. The van der Waals surface area contributed by atoms with Gasteiger partial charge in [0.15, 0.2) is 0 Å². The number of pyridine rings is 1. The van der Waals surface area contributed by atoms with Gasteiger partial charge in [0.25, 0.3) is 0 Å². The maximum absolute atomic E-state index is 15.2. The summed E-state index contributed by atoms with van der Waals surface area (Å²) in [6.45, 7) is 9.04. The summed E-state index contributed by atoms with van der Waals surface area (Å²) in [4.78, 5) is 29.1. The fourth-order valence-corrected chi connectivity index (χ4v) is 4.76. The van der Waals surface area contributed by atoms with Crippen LogP contribution in [-0.4, -0.2) is 53.1 Å². The summed E-state index contributed by atoms with van der Waals surface area (Å²) in [5, 5.41) is 11.4. The summed E-state index contributed by atoms with van der Waals surface area (Å²) in [5.41, 5.74) is 0.230. The van der Waals surface area contributed by atoms with Gasteiger partial charge in [0.05, 0.1) is 16.6 Å². The van der Waals surface area contributed by atoms with Crippen molar-refractivity contribution in [2.24, 2.45) is 0 Å². The summed E-state index contributed by atoms with van der Waals surface area (Å²) in [5.74, 6) is -1.76. The number of thiazole rings is 1. The number of hydrogen-bond acceptors (Lipinski definition) is 5. The van der Waals surface area contributed by atoms with E-state index in [2.05, 4.69) is 11.5 Å². The van der Waals surface area contributed by atoms with Crippen LogP contribution in [0, 0.1) is 12.7 Å². The van der Waals surface area contributed by atoms with Gasteiger partial charge in [-0.05, 0) is 13.0 Å². The lowest BCUT2D eigenvalue weighted by Gasteiger charge is -2.36. The van der Waals surface area contributed by atoms with Gasteiger partial charge in [0.1, 0.15) is 16.2 Å². The summed E-state index contributed by atoms with van der Waals surface area (Å²) in [6, 6.07) is 1.67. The zero-order valence-corrected chi connectivity index (χ0v) is 16.3. The Balaban J connectivity index is 1.91. The van der Waals surface area contributed by atoms with Gasteiger partial charge in [-0.15, -0.1) is 17.9 Å². The lowest BCUT2D eigenvalue weighted by Crippen LogP contribution is -2.46. The molecule has 1 fully saturated rings. The highest BCUT2D eigenvalue weighted by molar-refractivity contribution is 7.16. The van der Waals surface area contributed by atoms with Crippen LogP contribution in [0.5, 0.6) is 0 Å². The summed E-state index contributed by atoms with van der Waals surface area (Å²) < 4.78 is 16.9. The SMILES string of the molecule is C=CCN1CCN(c2cc3c(c(C)c2F)c(=O)c(C(=O)O)c2sccn23)CC1. The van der Waals surface area contributed by atoms with E-state index in [1.165, 1.54) is 11.3 Å². The molecular weight excluding hydrogens is 381 g/mol. The van der Waals surface area contributed by atoms with Gasteiger partial charge < -0.3 is 14.4 Å². The molecule has 2 aromatic heterocycles. The zero-order chi connectivity index (χ0) is 20.0. The van der Waals surface area contributed by atoms with E-state index in [0.29, 0.717) is 29.1 Å². The normalized spacial score (nSPS) is 15.4. The predicted octanol–water partition coefficient (Wildman–Crippen LogP) is 2.97. The molecule has 0 saturated carbocycles. The molecular formula is C20H20FN3O3S. The molecule has 6 nitrogen and oxygen atoms in total. The highest BCUT2D eigenvalue weighted by Gasteiger charge is 2.25. The van der Waals surface area contributed by atoms with E-state index in [-0.39, 0.29) is 16.5 Å². The molecule has 1 saturated heterocycles. The highest BCUT2D eigenvalue weighted by atomic mass is 32.1. The van der Waals surface area contributed by atoms with Crippen molar-refractivity contribution in [1.29, 1.82) is 0 Å². The quantitative estimate of drug-likeness (QED) is 0.681. The van der Waals surface area contributed by atoms with Crippen LogP contribution in [0.2, 0.25) is 0 Å². The molecule has 8 heteroatoms. The van der Waals surface area contributed by atoms with Gasteiger partial charge in [-0.25, -0.2) is 9.18 Å². The van der Waals surface area contributed by atoms with E-state index < -0.39 is 17.2 Å². The molecule has 28 heavy (non-hydrogen) atoms. The first-order valence-electron chi connectivity index (χ1n) is 9.00. The average Bonchev–Trinajstić information content (AvgIpc) is 3.14. The number of benzene rings is 1. The number of aromatic carboxylic acids is 1. The standard InChI is InChI=1S/C20H20FN3O3S/c1-3-4-22-5-7-23(8-6-22)14-11-13-15(12(2)17(14)21)18(25)16(20(26)27)19-24(13)9-10-28-19/h3,9-11H,1,4-8H2,2H3,(H,26,27). The van der Waals surface area contributed by atoms with Crippen molar-refractivity contribution in [1.82, 2.24) is 9.30 Å². The van der Waals surface area contributed by atoms with E-state index >= 15 is 4.39 Å². The third-order valence-corrected chi connectivity index (χ3v) is 6.19. The van der Waals surface area contributed by atoms with Crippen LogP contribution in [0.25, 0.3) is 15.7 Å². The second-order valence-electron chi connectivity index (χ2n) is 6.89. The number of anilines is 1. The van der Waals surface area contributed by atoms with Crippen LogP contribution >= 0.6 is 11.3 Å². The Labute approximate surface area is 164 Å². The van der Waals surface area contributed by atoms with Crippen LogP contribution in [0.15, 0.2) is 35.1 Å². The molecule has 0 aliphatic carbocycles. The molecule has 1 aliphatic rings. The van der Waals surface area contributed by atoms with Gasteiger partial charge in [-0.2, -0.15) is 0 Å². The Morgan fingerprint density at radius 2 is 2.07 bits per heavy atom. The number of carboxylic acids is 1. The molecule has 1 aromatic carbocycles. The number of fused-ring (bicyclic) bond motifs is 3. The predicted molar refractivity (Wildman–Crippen MR) is 110 cm³/mol. The van der Waals surface area contributed by atoms with Crippen molar-refractivity contribution in [3.05, 3.63) is 57.5 Å². The number of rotatable bonds is 4. The average molecular weight is 401 g/mol. The molecule has 0 amide bonds. The van der Waals surface area contributed by atoms with Gasteiger partial charge in [0, 0.05) is 49.9 Å². The van der Waals surface area contributed by atoms with Gasteiger partial charge in [0.2, 0.25) is 5.43 Å². The van der Waals surface area contributed by atoms with Crippen molar-refractivity contribution in [2.75, 3.05) is 37.6 Å². The molecule has 1 N–H and O–H groups in total. The molecule has 0 spiro atoms. The monoisotopic (exact) mass is 401 g/mol. The molecule has 4 rings (SSSR count). The number of hydrogen-bond donors (Lipinski definition) is 1. The first kappa shape index (κ1) is 18.6. The maximum Gasteiger partial charge on any atom is 0.342 e. The number of piperazine rings is 1. The Hall–Kier alpha value is -2.71. The maximum atomic E-state index is 15.2. The van der Waals surface area contributed by atoms with E-state index in [1.807, 2.05) is 11.0 Å². The van der Waals surface area contributed by atoms with Gasteiger partial charge >= 0.3 is 5.97 Å². The van der Waals surface area contributed by atoms with E-state index in [1.54, 1.807) is 29.0 Å². The lowest BCUT2D eigenvalue weighted by atomic mass is 10.0. The van der Waals surface area contributed by atoms with Crippen LogP contribution in [0.4, 0.5) is 10.1 Å². The van der Waals surface area contributed by atoms with Crippen molar-refractivity contribution < 1.29 is 14.3 Å². The second kappa shape index (κ2) is 7.03. The minimum absolute atomic E-state index is 0.125. The largest absolute Gasteiger partial charge is 0.477 e. The highest BCUT2D eigenvalue weighted by Crippen LogP contribution is 2.31. The smallest absolute Gasteiger partial charge is 0.342 e. The molecule has 0 atom stereocenters. The number of carbonyl (C=O) groups is 1. The lowest BCUT2D eigenvalue weighted by molar-refractivity contribution is 0.0697. The number of halogens is 1. The molecule has 1 aliphatic heterocycles. The van der Waals surface area contributed by atoms with Crippen molar-refractivity contribution in [2.45, 2.75) is 6.92 Å². The molecule has 0 radical (unpaired) electrons. The van der Waals surface area contributed by atoms with Crippen LogP contribution in [0.3, 0.4) is 0 Å². The van der Waals surface area contributed by atoms with Crippen molar-refractivity contribution in [3.8, 4) is 0 Å². The van der Waals surface area contributed by atoms with E-state index in [9.17, 15) is 14.7 Å². The third kappa shape index (κ3) is 2.80. The van der Waals surface area contributed by atoms with Crippen LogP contribution in [0.1, 0.15) is 15.9 Å². The first-order valence-corrected chi connectivity index (χ1v) is 9.88. The summed E-state index contributed by atoms with van der Waals surface area (Å²) in [6.07, 6.45) is 3.58. The minimum Gasteiger partial charge on any atom is -0.477 e. The Morgan fingerprint density at radius 3 is 2.71 bits per heavy atom. The first-order chi connectivity index (χ1) is 13.4. The molecule has 3 heterocycles. The number of nitrogens with zero attached hydrogens (tertiary/aromatic N) is 3. The summed E-state index contributed by atoms with van der Waals surface area (Å²) >= 11 is 1.19. The topological polar surface area (TPSA) is 65.3 Å². The molecule has 3 aromatic rings. The minimum atomic E-state index is -1.30. The van der Waals surface area contributed by atoms with Gasteiger partial charge in [-0.1, -0.05) is 6.08 Å². The number of carboxylic acid groups (broad SMARTS) is 1. The Morgan fingerprint density at radius 1 is 1.36 bits per heavy atom. The third-order valence-electron chi connectivity index (χ3n) is 5.31. The Kier molecular flexibility index (Phi) is 4.68. The van der Waals surface area contributed by atoms with Crippen molar-refractivity contribution in [3.63, 3.8) is 0 Å².